The SMILES string of the molecule is CCCOc1ccc(/C(O)=C2\C(=O)C(=O)N(c3ccc(OC(C)C)cc3)C2c2ccc(CC)cc2)cc1. The number of benzene rings is 3. The Hall–Kier alpha value is -4.06. The Bertz CT molecular complexity index is 1270. The molecule has 1 fully saturated rings. The van der Waals surface area contributed by atoms with Crippen LogP contribution in [0.25, 0.3) is 5.76 Å². The van der Waals surface area contributed by atoms with Gasteiger partial charge in [-0.1, -0.05) is 38.1 Å². The van der Waals surface area contributed by atoms with E-state index in [1.54, 1.807) is 48.5 Å². The largest absolute Gasteiger partial charge is 0.507 e. The number of aliphatic hydroxyl groups excluding tert-OH is 1. The summed E-state index contributed by atoms with van der Waals surface area (Å²) in [6, 6.07) is 21.0. The highest BCUT2D eigenvalue weighted by Gasteiger charge is 2.47. The molecule has 6 heteroatoms. The summed E-state index contributed by atoms with van der Waals surface area (Å²) in [5.74, 6) is -0.284. The summed E-state index contributed by atoms with van der Waals surface area (Å²) in [5, 5.41) is 11.3. The van der Waals surface area contributed by atoms with Crippen LogP contribution in [0, 0.1) is 0 Å². The van der Waals surface area contributed by atoms with E-state index >= 15 is 0 Å². The number of carbonyl (C=O) groups is 2. The van der Waals surface area contributed by atoms with Crippen LogP contribution in [0.2, 0.25) is 0 Å². The van der Waals surface area contributed by atoms with Gasteiger partial charge in [-0.3, -0.25) is 14.5 Å². The van der Waals surface area contributed by atoms with Crippen molar-refractivity contribution in [3.63, 3.8) is 0 Å². The lowest BCUT2D eigenvalue weighted by atomic mass is 9.94. The van der Waals surface area contributed by atoms with Crippen molar-refractivity contribution in [3.8, 4) is 11.5 Å². The zero-order valence-corrected chi connectivity index (χ0v) is 21.7. The van der Waals surface area contributed by atoms with E-state index in [4.69, 9.17) is 9.47 Å². The number of hydrogen-bond acceptors (Lipinski definition) is 5. The van der Waals surface area contributed by atoms with Crippen LogP contribution < -0.4 is 14.4 Å². The van der Waals surface area contributed by atoms with Crippen molar-refractivity contribution in [2.75, 3.05) is 11.5 Å². The number of rotatable bonds is 9. The number of carbonyl (C=O) groups excluding carboxylic acids is 2. The van der Waals surface area contributed by atoms with Crippen LogP contribution in [-0.4, -0.2) is 29.5 Å². The summed E-state index contributed by atoms with van der Waals surface area (Å²) in [6.07, 6.45) is 1.76. The number of anilines is 1. The fraction of sp³-hybridized carbons (Fsp3) is 0.290. The van der Waals surface area contributed by atoms with E-state index in [0.717, 1.165) is 24.0 Å². The number of ether oxygens (including phenoxy) is 2. The van der Waals surface area contributed by atoms with Crippen LogP contribution in [0.3, 0.4) is 0 Å². The number of Topliss-reactive ketones (excluding diaryl/α,β-unsaturated/α-hetero) is 1. The minimum atomic E-state index is -0.779. The predicted molar refractivity (Wildman–Crippen MR) is 145 cm³/mol. The highest BCUT2D eigenvalue weighted by molar-refractivity contribution is 6.51. The highest BCUT2D eigenvalue weighted by Crippen LogP contribution is 2.42. The molecular weight excluding hydrogens is 466 g/mol. The van der Waals surface area contributed by atoms with Crippen molar-refractivity contribution >= 4 is 23.1 Å². The van der Waals surface area contributed by atoms with Crippen LogP contribution in [-0.2, 0) is 16.0 Å². The minimum absolute atomic E-state index is 0.0101. The van der Waals surface area contributed by atoms with Crippen LogP contribution in [0.4, 0.5) is 5.69 Å². The van der Waals surface area contributed by atoms with Crippen molar-refractivity contribution in [1.29, 1.82) is 0 Å². The summed E-state index contributed by atoms with van der Waals surface area (Å²) in [4.78, 5) is 28.2. The Morgan fingerprint density at radius 2 is 1.51 bits per heavy atom. The Morgan fingerprint density at radius 3 is 2.08 bits per heavy atom. The Morgan fingerprint density at radius 1 is 0.892 bits per heavy atom. The maximum atomic E-state index is 13.4. The molecule has 192 valence electrons. The van der Waals surface area contributed by atoms with Crippen LogP contribution >= 0.6 is 0 Å². The second-order valence-corrected chi connectivity index (χ2v) is 9.30. The molecule has 3 aromatic rings. The van der Waals surface area contributed by atoms with Crippen molar-refractivity contribution < 1.29 is 24.2 Å². The molecule has 0 saturated carbocycles. The van der Waals surface area contributed by atoms with Gasteiger partial charge in [0.05, 0.1) is 24.3 Å². The lowest BCUT2D eigenvalue weighted by Gasteiger charge is -2.26. The molecule has 6 nitrogen and oxygen atoms in total. The third-order valence-corrected chi connectivity index (χ3v) is 6.24. The van der Waals surface area contributed by atoms with Gasteiger partial charge in [0.2, 0.25) is 0 Å². The lowest BCUT2D eigenvalue weighted by molar-refractivity contribution is -0.132. The zero-order chi connectivity index (χ0) is 26.5. The first-order chi connectivity index (χ1) is 17.8. The van der Waals surface area contributed by atoms with Gasteiger partial charge < -0.3 is 14.6 Å². The van der Waals surface area contributed by atoms with Crippen LogP contribution in [0.5, 0.6) is 11.5 Å². The molecular formula is C31H33NO5. The molecule has 0 aliphatic carbocycles. The van der Waals surface area contributed by atoms with E-state index in [2.05, 4.69) is 6.92 Å². The average molecular weight is 500 g/mol. The first kappa shape index (κ1) is 26.0. The first-order valence-electron chi connectivity index (χ1n) is 12.7. The molecule has 1 heterocycles. The van der Waals surface area contributed by atoms with E-state index in [-0.39, 0.29) is 17.4 Å². The van der Waals surface area contributed by atoms with E-state index in [1.165, 1.54) is 4.90 Å². The molecule has 0 bridgehead atoms. The predicted octanol–water partition coefficient (Wildman–Crippen LogP) is 6.45. The molecule has 3 aromatic carbocycles. The van der Waals surface area contributed by atoms with Crippen molar-refractivity contribution in [2.45, 2.75) is 52.7 Å². The van der Waals surface area contributed by atoms with Crippen LogP contribution in [0.1, 0.15) is 56.8 Å². The Balaban J connectivity index is 1.80. The number of aliphatic hydroxyl groups is 1. The van der Waals surface area contributed by atoms with Crippen LogP contribution in [0.15, 0.2) is 78.4 Å². The third kappa shape index (κ3) is 5.53. The van der Waals surface area contributed by atoms with Gasteiger partial charge in [-0.25, -0.2) is 0 Å². The molecule has 1 aliphatic rings. The Kier molecular flexibility index (Phi) is 7.97. The summed E-state index contributed by atoms with van der Waals surface area (Å²) in [6.45, 7) is 8.56. The van der Waals surface area contributed by atoms with Crippen molar-refractivity contribution in [2.24, 2.45) is 0 Å². The first-order valence-corrected chi connectivity index (χ1v) is 12.7. The van der Waals surface area contributed by atoms with E-state index in [9.17, 15) is 14.7 Å². The summed E-state index contributed by atoms with van der Waals surface area (Å²) >= 11 is 0. The molecule has 0 spiro atoms. The second kappa shape index (κ2) is 11.3. The molecule has 0 radical (unpaired) electrons. The summed E-state index contributed by atoms with van der Waals surface area (Å²) in [7, 11) is 0. The number of ketones is 1. The van der Waals surface area contributed by atoms with Gasteiger partial charge in [-0.15, -0.1) is 0 Å². The maximum absolute atomic E-state index is 13.4. The third-order valence-electron chi connectivity index (χ3n) is 6.24. The highest BCUT2D eigenvalue weighted by atomic mass is 16.5. The van der Waals surface area contributed by atoms with Gasteiger partial charge in [0.15, 0.2) is 0 Å². The average Bonchev–Trinajstić information content (AvgIpc) is 3.17. The van der Waals surface area contributed by atoms with E-state index < -0.39 is 17.7 Å². The second-order valence-electron chi connectivity index (χ2n) is 9.30. The molecule has 1 amide bonds. The molecule has 4 rings (SSSR count). The van der Waals surface area contributed by atoms with Gasteiger partial charge in [0.25, 0.3) is 11.7 Å². The smallest absolute Gasteiger partial charge is 0.300 e. The topological polar surface area (TPSA) is 76.1 Å². The Labute approximate surface area is 218 Å². The molecule has 1 N–H and O–H groups in total. The quantitative estimate of drug-likeness (QED) is 0.208. The monoisotopic (exact) mass is 499 g/mol. The van der Waals surface area contributed by atoms with Gasteiger partial charge in [0.1, 0.15) is 17.3 Å². The minimum Gasteiger partial charge on any atom is -0.507 e. The van der Waals surface area contributed by atoms with Gasteiger partial charge >= 0.3 is 0 Å². The molecule has 37 heavy (non-hydrogen) atoms. The summed E-state index contributed by atoms with van der Waals surface area (Å²) < 4.78 is 11.4. The molecule has 1 unspecified atom stereocenters. The van der Waals surface area contributed by atoms with Gasteiger partial charge in [-0.2, -0.15) is 0 Å². The standard InChI is InChI=1S/C31H33NO5/c1-5-19-36-25-15-11-23(12-16-25)29(33)27-28(22-9-7-21(6-2)8-10-22)32(31(35)30(27)34)24-13-17-26(18-14-24)37-20(3)4/h7-18,20,28,33H,5-6,19H2,1-4H3/b29-27+. The normalized spacial score (nSPS) is 16.9. The molecule has 1 atom stereocenters. The van der Waals surface area contributed by atoms with Gasteiger partial charge in [-0.05, 0) is 86.3 Å². The van der Waals surface area contributed by atoms with E-state index in [0.29, 0.717) is 29.4 Å². The van der Waals surface area contributed by atoms with Gasteiger partial charge in [0, 0.05) is 11.3 Å². The number of hydrogen-bond donors (Lipinski definition) is 1. The fourth-order valence-electron chi connectivity index (χ4n) is 4.39. The number of nitrogens with zero attached hydrogens (tertiary/aromatic N) is 1. The molecule has 1 saturated heterocycles. The van der Waals surface area contributed by atoms with Crippen molar-refractivity contribution in [3.05, 3.63) is 95.1 Å². The summed E-state index contributed by atoms with van der Waals surface area (Å²) in [5.41, 5.74) is 2.92. The number of aryl methyl sites for hydroxylation is 1. The number of amides is 1. The zero-order valence-electron chi connectivity index (χ0n) is 21.7. The fourth-order valence-corrected chi connectivity index (χ4v) is 4.39. The van der Waals surface area contributed by atoms with Crippen molar-refractivity contribution in [1.82, 2.24) is 0 Å². The molecule has 0 aromatic heterocycles. The maximum Gasteiger partial charge on any atom is 0.300 e. The molecule has 1 aliphatic heterocycles. The van der Waals surface area contributed by atoms with E-state index in [1.807, 2.05) is 45.0 Å². The lowest BCUT2D eigenvalue weighted by Crippen LogP contribution is -2.29.